The van der Waals surface area contributed by atoms with E-state index >= 15 is 0 Å². The van der Waals surface area contributed by atoms with E-state index < -0.39 is 0 Å². The summed E-state index contributed by atoms with van der Waals surface area (Å²) in [5.74, 6) is 0.941. The zero-order chi connectivity index (χ0) is 10.4. The molecule has 0 saturated heterocycles. The fourth-order valence-corrected chi connectivity index (χ4v) is 2.07. The first-order valence-corrected chi connectivity index (χ1v) is 6.04. The Balaban J connectivity index is 2.08. The highest BCUT2D eigenvalue weighted by molar-refractivity contribution is 4.79. The largest absolute Gasteiger partial charge is 0.315 e. The van der Waals surface area contributed by atoms with E-state index in [1.165, 1.54) is 38.6 Å². The van der Waals surface area contributed by atoms with Gasteiger partial charge in [0.1, 0.15) is 0 Å². The number of rotatable bonds is 5. The molecule has 0 bridgehead atoms. The molecule has 2 heteroatoms. The SMILES string of the molecule is CNC(C)(C)CNCC1CCCCC1. The average Bonchev–Trinajstić information content (AvgIpc) is 2.19. The van der Waals surface area contributed by atoms with E-state index in [2.05, 4.69) is 24.5 Å². The van der Waals surface area contributed by atoms with E-state index in [0.29, 0.717) is 0 Å². The van der Waals surface area contributed by atoms with Crippen LogP contribution in [0.25, 0.3) is 0 Å². The molecule has 0 aromatic rings. The third kappa shape index (κ3) is 4.43. The van der Waals surface area contributed by atoms with E-state index in [4.69, 9.17) is 0 Å². The van der Waals surface area contributed by atoms with Crippen molar-refractivity contribution in [1.29, 1.82) is 0 Å². The number of likely N-dealkylation sites (N-methyl/N-ethyl adjacent to an activating group) is 1. The van der Waals surface area contributed by atoms with E-state index in [1.807, 2.05) is 7.05 Å². The smallest absolute Gasteiger partial charge is 0.0246 e. The molecule has 0 unspecified atom stereocenters. The highest BCUT2D eigenvalue weighted by atomic mass is 15.0. The summed E-state index contributed by atoms with van der Waals surface area (Å²) >= 11 is 0. The molecule has 0 radical (unpaired) electrons. The molecule has 1 aliphatic carbocycles. The maximum Gasteiger partial charge on any atom is 0.0246 e. The molecule has 0 heterocycles. The lowest BCUT2D eigenvalue weighted by Crippen LogP contribution is -2.46. The fourth-order valence-electron chi connectivity index (χ4n) is 2.07. The molecule has 1 fully saturated rings. The van der Waals surface area contributed by atoms with Gasteiger partial charge in [0.05, 0.1) is 0 Å². The molecule has 2 N–H and O–H groups in total. The van der Waals surface area contributed by atoms with Crippen molar-refractivity contribution in [2.24, 2.45) is 5.92 Å². The van der Waals surface area contributed by atoms with Gasteiger partial charge in [0.25, 0.3) is 0 Å². The molecular weight excluding hydrogens is 172 g/mol. The Morgan fingerprint density at radius 1 is 1.14 bits per heavy atom. The van der Waals surface area contributed by atoms with Crippen molar-refractivity contribution in [1.82, 2.24) is 10.6 Å². The summed E-state index contributed by atoms with van der Waals surface area (Å²) in [6.45, 7) is 6.76. The van der Waals surface area contributed by atoms with Crippen LogP contribution in [0.4, 0.5) is 0 Å². The first-order chi connectivity index (χ1) is 6.64. The number of nitrogens with one attached hydrogen (secondary N) is 2. The molecular formula is C12H26N2. The van der Waals surface area contributed by atoms with Crippen molar-refractivity contribution in [2.45, 2.75) is 51.5 Å². The van der Waals surface area contributed by atoms with Crippen molar-refractivity contribution in [2.75, 3.05) is 20.1 Å². The highest BCUT2D eigenvalue weighted by Gasteiger charge is 2.16. The second kappa shape index (κ2) is 5.72. The van der Waals surface area contributed by atoms with Gasteiger partial charge < -0.3 is 10.6 Å². The molecule has 0 aromatic heterocycles. The van der Waals surface area contributed by atoms with Gasteiger partial charge in [-0.3, -0.25) is 0 Å². The van der Waals surface area contributed by atoms with Crippen molar-refractivity contribution in [3.8, 4) is 0 Å². The molecule has 0 atom stereocenters. The maximum absolute atomic E-state index is 3.58. The summed E-state index contributed by atoms with van der Waals surface area (Å²) in [5, 5.41) is 6.90. The van der Waals surface area contributed by atoms with Crippen molar-refractivity contribution in [3.05, 3.63) is 0 Å². The van der Waals surface area contributed by atoms with Gasteiger partial charge in [0.2, 0.25) is 0 Å². The van der Waals surface area contributed by atoms with Gasteiger partial charge in [-0.1, -0.05) is 19.3 Å². The Kier molecular flexibility index (Phi) is 4.90. The average molecular weight is 198 g/mol. The van der Waals surface area contributed by atoms with Crippen LogP contribution in [0, 0.1) is 5.92 Å². The molecule has 1 rings (SSSR count). The Morgan fingerprint density at radius 3 is 2.36 bits per heavy atom. The first kappa shape index (κ1) is 12.0. The van der Waals surface area contributed by atoms with Crippen molar-refractivity contribution in [3.63, 3.8) is 0 Å². The Morgan fingerprint density at radius 2 is 1.79 bits per heavy atom. The minimum Gasteiger partial charge on any atom is -0.315 e. The summed E-state index contributed by atoms with van der Waals surface area (Å²) in [6, 6.07) is 0. The lowest BCUT2D eigenvalue weighted by molar-refractivity contribution is 0.318. The quantitative estimate of drug-likeness (QED) is 0.707. The molecule has 0 aromatic carbocycles. The van der Waals surface area contributed by atoms with Crippen LogP contribution < -0.4 is 10.6 Å². The third-order valence-electron chi connectivity index (χ3n) is 3.40. The highest BCUT2D eigenvalue weighted by Crippen LogP contribution is 2.22. The van der Waals surface area contributed by atoms with Crippen LogP contribution in [0.1, 0.15) is 46.0 Å². The van der Waals surface area contributed by atoms with E-state index in [9.17, 15) is 0 Å². The number of hydrogen-bond acceptors (Lipinski definition) is 2. The van der Waals surface area contributed by atoms with E-state index in [0.717, 1.165) is 12.5 Å². The van der Waals surface area contributed by atoms with Crippen LogP contribution >= 0.6 is 0 Å². The lowest BCUT2D eigenvalue weighted by Gasteiger charge is -2.27. The summed E-state index contributed by atoms with van der Waals surface area (Å²) in [5.41, 5.74) is 0.231. The predicted molar refractivity (Wildman–Crippen MR) is 62.6 cm³/mol. The third-order valence-corrected chi connectivity index (χ3v) is 3.40. The Labute approximate surface area is 88.8 Å². The topological polar surface area (TPSA) is 24.1 Å². The fraction of sp³-hybridized carbons (Fsp3) is 1.00. The maximum atomic E-state index is 3.58. The van der Waals surface area contributed by atoms with Gasteiger partial charge in [-0.05, 0) is 46.2 Å². The van der Waals surface area contributed by atoms with Gasteiger partial charge in [0.15, 0.2) is 0 Å². The molecule has 84 valence electrons. The van der Waals surface area contributed by atoms with Gasteiger partial charge in [-0.2, -0.15) is 0 Å². The molecule has 1 aliphatic rings. The Hall–Kier alpha value is -0.0800. The minimum absolute atomic E-state index is 0.231. The molecule has 0 amide bonds. The molecule has 0 aliphatic heterocycles. The van der Waals surface area contributed by atoms with Crippen molar-refractivity contribution >= 4 is 0 Å². The van der Waals surface area contributed by atoms with Crippen LogP contribution in [-0.2, 0) is 0 Å². The monoisotopic (exact) mass is 198 g/mol. The predicted octanol–water partition coefficient (Wildman–Crippen LogP) is 2.15. The minimum atomic E-state index is 0.231. The zero-order valence-electron chi connectivity index (χ0n) is 10.0. The van der Waals surface area contributed by atoms with E-state index in [-0.39, 0.29) is 5.54 Å². The van der Waals surface area contributed by atoms with Crippen LogP contribution in [0.5, 0.6) is 0 Å². The van der Waals surface area contributed by atoms with E-state index in [1.54, 1.807) is 0 Å². The molecule has 14 heavy (non-hydrogen) atoms. The van der Waals surface area contributed by atoms with Gasteiger partial charge >= 0.3 is 0 Å². The van der Waals surface area contributed by atoms with Gasteiger partial charge in [-0.25, -0.2) is 0 Å². The second-order valence-corrected chi connectivity index (χ2v) is 5.27. The normalized spacial score (nSPS) is 19.9. The summed E-state index contributed by atoms with van der Waals surface area (Å²) in [4.78, 5) is 0. The molecule has 2 nitrogen and oxygen atoms in total. The van der Waals surface area contributed by atoms with Crippen LogP contribution in [0.3, 0.4) is 0 Å². The lowest BCUT2D eigenvalue weighted by atomic mass is 9.89. The van der Waals surface area contributed by atoms with Crippen LogP contribution in [0.15, 0.2) is 0 Å². The first-order valence-electron chi connectivity index (χ1n) is 6.04. The van der Waals surface area contributed by atoms with Crippen LogP contribution in [0.2, 0.25) is 0 Å². The zero-order valence-corrected chi connectivity index (χ0v) is 10.0. The summed E-state index contributed by atoms with van der Waals surface area (Å²) in [7, 11) is 2.03. The standard InChI is InChI=1S/C12H26N2/c1-12(2,13-3)10-14-9-11-7-5-4-6-8-11/h11,13-14H,4-10H2,1-3H3. The molecule has 1 saturated carbocycles. The summed E-state index contributed by atoms with van der Waals surface area (Å²) < 4.78 is 0. The summed E-state index contributed by atoms with van der Waals surface area (Å²) in [6.07, 6.45) is 7.22. The van der Waals surface area contributed by atoms with Crippen LogP contribution in [-0.4, -0.2) is 25.7 Å². The molecule has 0 spiro atoms. The number of hydrogen-bond donors (Lipinski definition) is 2. The van der Waals surface area contributed by atoms with Crippen molar-refractivity contribution < 1.29 is 0 Å². The second-order valence-electron chi connectivity index (χ2n) is 5.27. The Bertz CT molecular complexity index is 148. The van der Waals surface area contributed by atoms with Gasteiger partial charge in [-0.15, -0.1) is 0 Å². The van der Waals surface area contributed by atoms with Gasteiger partial charge in [0, 0.05) is 12.1 Å².